The second-order valence-electron chi connectivity index (χ2n) is 7.21. The minimum absolute atomic E-state index is 0.106. The molecule has 0 saturated carbocycles. The van der Waals surface area contributed by atoms with Crippen molar-refractivity contribution in [3.8, 4) is 0 Å². The van der Waals surface area contributed by atoms with Crippen LogP contribution in [0.25, 0.3) is 10.9 Å². The van der Waals surface area contributed by atoms with E-state index in [2.05, 4.69) is 15.6 Å². The molecule has 0 aliphatic carbocycles. The van der Waals surface area contributed by atoms with Crippen molar-refractivity contribution < 1.29 is 14.4 Å². The van der Waals surface area contributed by atoms with Gasteiger partial charge in [-0.2, -0.15) is 0 Å². The minimum atomic E-state index is -0.428. The molecule has 3 aromatic rings. The standard InChI is InChI=1S/C22H21ClN4O3/c23-17-2-1-3-18(12-17)27-13-16(11-20(27)28)22(30)26-9-8-25-21(29)15-4-5-19-14(10-15)6-7-24-19/h1-7,10,12,16,24H,8-9,11,13H2,(H,25,29)(H,26,30)/t16-/m0/s1. The number of H-pyrrole nitrogens is 1. The number of aromatic nitrogens is 1. The molecule has 2 aromatic carbocycles. The molecule has 0 spiro atoms. The molecular weight excluding hydrogens is 404 g/mol. The van der Waals surface area contributed by atoms with Crippen LogP contribution in [0.1, 0.15) is 16.8 Å². The second-order valence-corrected chi connectivity index (χ2v) is 7.65. The number of hydrogen-bond acceptors (Lipinski definition) is 3. The number of rotatable bonds is 6. The Morgan fingerprint density at radius 2 is 1.93 bits per heavy atom. The molecule has 1 aliphatic rings. The number of carbonyl (C=O) groups excluding carboxylic acids is 3. The van der Waals surface area contributed by atoms with Crippen LogP contribution in [-0.2, 0) is 9.59 Å². The molecule has 0 bridgehead atoms. The summed E-state index contributed by atoms with van der Waals surface area (Å²) in [5.74, 6) is -0.930. The van der Waals surface area contributed by atoms with Gasteiger partial charge in [-0.15, -0.1) is 0 Å². The van der Waals surface area contributed by atoms with E-state index in [4.69, 9.17) is 11.6 Å². The van der Waals surface area contributed by atoms with Crippen LogP contribution in [0.4, 0.5) is 5.69 Å². The number of halogens is 1. The van der Waals surface area contributed by atoms with E-state index >= 15 is 0 Å². The summed E-state index contributed by atoms with van der Waals surface area (Å²) in [6, 6.07) is 14.3. The molecule has 4 rings (SSSR count). The van der Waals surface area contributed by atoms with Crippen LogP contribution < -0.4 is 15.5 Å². The Hall–Kier alpha value is -3.32. The number of aromatic amines is 1. The van der Waals surface area contributed by atoms with Crippen LogP contribution in [0.15, 0.2) is 54.7 Å². The van der Waals surface area contributed by atoms with Crippen molar-refractivity contribution in [2.24, 2.45) is 5.92 Å². The Labute approximate surface area is 178 Å². The summed E-state index contributed by atoms with van der Waals surface area (Å²) in [7, 11) is 0. The summed E-state index contributed by atoms with van der Waals surface area (Å²) < 4.78 is 0. The first kappa shape index (κ1) is 20.0. The molecule has 1 aromatic heterocycles. The van der Waals surface area contributed by atoms with Crippen LogP contribution >= 0.6 is 11.6 Å². The van der Waals surface area contributed by atoms with Gasteiger partial charge in [-0.1, -0.05) is 17.7 Å². The average molecular weight is 425 g/mol. The Balaban J connectivity index is 1.25. The Morgan fingerprint density at radius 1 is 1.10 bits per heavy atom. The van der Waals surface area contributed by atoms with Gasteiger partial charge in [-0.05, 0) is 42.5 Å². The van der Waals surface area contributed by atoms with E-state index in [1.54, 1.807) is 35.2 Å². The van der Waals surface area contributed by atoms with Crippen LogP contribution in [0.2, 0.25) is 5.02 Å². The van der Waals surface area contributed by atoms with E-state index in [1.807, 2.05) is 24.4 Å². The number of carbonyl (C=O) groups is 3. The first-order chi connectivity index (χ1) is 14.5. The number of nitrogens with zero attached hydrogens (tertiary/aromatic N) is 1. The Morgan fingerprint density at radius 3 is 2.77 bits per heavy atom. The third-order valence-corrected chi connectivity index (χ3v) is 5.38. The number of fused-ring (bicyclic) bond motifs is 1. The van der Waals surface area contributed by atoms with Crippen molar-refractivity contribution >= 4 is 45.9 Å². The molecule has 0 unspecified atom stereocenters. The van der Waals surface area contributed by atoms with E-state index in [9.17, 15) is 14.4 Å². The topological polar surface area (TPSA) is 94.3 Å². The van der Waals surface area contributed by atoms with Gasteiger partial charge in [0.15, 0.2) is 0 Å². The lowest BCUT2D eigenvalue weighted by molar-refractivity contribution is -0.126. The second kappa shape index (κ2) is 8.59. The van der Waals surface area contributed by atoms with Gasteiger partial charge >= 0.3 is 0 Å². The summed E-state index contributed by atoms with van der Waals surface area (Å²) in [5, 5.41) is 7.10. The van der Waals surface area contributed by atoms with E-state index < -0.39 is 5.92 Å². The van der Waals surface area contributed by atoms with Crippen molar-refractivity contribution in [2.75, 3.05) is 24.5 Å². The maximum absolute atomic E-state index is 12.4. The SMILES string of the molecule is O=C(NCCNC(=O)[C@H]1CC(=O)N(c2cccc(Cl)c2)C1)c1ccc2[nH]ccc2c1. The predicted octanol–water partition coefficient (Wildman–Crippen LogP) is 2.72. The zero-order chi connectivity index (χ0) is 21.1. The highest BCUT2D eigenvalue weighted by Gasteiger charge is 2.35. The van der Waals surface area contributed by atoms with Crippen molar-refractivity contribution in [2.45, 2.75) is 6.42 Å². The smallest absolute Gasteiger partial charge is 0.251 e. The summed E-state index contributed by atoms with van der Waals surface area (Å²) >= 11 is 5.99. The molecule has 0 radical (unpaired) electrons. The van der Waals surface area contributed by atoms with Gasteiger partial charge in [0.25, 0.3) is 5.91 Å². The molecule has 7 nitrogen and oxygen atoms in total. The fraction of sp³-hybridized carbons (Fsp3) is 0.227. The fourth-order valence-corrected chi connectivity index (χ4v) is 3.76. The predicted molar refractivity (Wildman–Crippen MR) is 116 cm³/mol. The molecule has 1 saturated heterocycles. The van der Waals surface area contributed by atoms with Gasteiger partial charge in [0.05, 0.1) is 5.92 Å². The normalized spacial score (nSPS) is 16.1. The fourth-order valence-electron chi connectivity index (χ4n) is 3.58. The first-order valence-electron chi connectivity index (χ1n) is 9.70. The molecule has 2 heterocycles. The molecule has 3 amide bonds. The lowest BCUT2D eigenvalue weighted by atomic mass is 10.1. The van der Waals surface area contributed by atoms with Crippen molar-refractivity contribution in [1.82, 2.24) is 15.6 Å². The van der Waals surface area contributed by atoms with E-state index in [1.165, 1.54) is 0 Å². The zero-order valence-electron chi connectivity index (χ0n) is 16.2. The highest BCUT2D eigenvalue weighted by Crippen LogP contribution is 2.27. The molecule has 1 atom stereocenters. The van der Waals surface area contributed by atoms with Crippen LogP contribution in [-0.4, -0.2) is 42.3 Å². The Bertz CT molecular complexity index is 1110. The number of nitrogens with one attached hydrogen (secondary N) is 3. The number of anilines is 1. The Kier molecular flexibility index (Phi) is 5.72. The lowest BCUT2D eigenvalue weighted by Crippen LogP contribution is -2.38. The number of amides is 3. The van der Waals surface area contributed by atoms with Crippen LogP contribution in [0.5, 0.6) is 0 Å². The van der Waals surface area contributed by atoms with Gasteiger partial charge in [-0.3, -0.25) is 14.4 Å². The minimum Gasteiger partial charge on any atom is -0.361 e. The summed E-state index contributed by atoms with van der Waals surface area (Å²) in [6.45, 7) is 0.904. The highest BCUT2D eigenvalue weighted by molar-refractivity contribution is 6.31. The van der Waals surface area contributed by atoms with Crippen molar-refractivity contribution in [3.63, 3.8) is 0 Å². The van der Waals surface area contributed by atoms with Crippen molar-refractivity contribution in [1.29, 1.82) is 0 Å². The van der Waals surface area contributed by atoms with Gasteiger partial charge in [-0.25, -0.2) is 0 Å². The molecule has 1 fully saturated rings. The van der Waals surface area contributed by atoms with Gasteiger partial charge < -0.3 is 20.5 Å². The summed E-state index contributed by atoms with van der Waals surface area (Å²) in [6.07, 6.45) is 1.98. The number of hydrogen-bond donors (Lipinski definition) is 3. The molecule has 30 heavy (non-hydrogen) atoms. The molecule has 3 N–H and O–H groups in total. The van der Waals surface area contributed by atoms with Crippen LogP contribution in [0, 0.1) is 5.92 Å². The molecule has 154 valence electrons. The monoisotopic (exact) mass is 424 g/mol. The molecule has 8 heteroatoms. The van der Waals surface area contributed by atoms with E-state index in [0.29, 0.717) is 35.9 Å². The van der Waals surface area contributed by atoms with E-state index in [-0.39, 0.29) is 24.1 Å². The van der Waals surface area contributed by atoms with Crippen molar-refractivity contribution in [3.05, 3.63) is 65.3 Å². The quantitative estimate of drug-likeness (QED) is 0.531. The zero-order valence-corrected chi connectivity index (χ0v) is 16.9. The van der Waals surface area contributed by atoms with Gasteiger partial charge in [0, 0.05) is 59.4 Å². The molecule has 1 aliphatic heterocycles. The third-order valence-electron chi connectivity index (χ3n) is 5.14. The largest absolute Gasteiger partial charge is 0.361 e. The average Bonchev–Trinajstić information content (AvgIpc) is 3.36. The van der Waals surface area contributed by atoms with Gasteiger partial charge in [0.2, 0.25) is 11.8 Å². The highest BCUT2D eigenvalue weighted by atomic mass is 35.5. The summed E-state index contributed by atoms with van der Waals surface area (Å²) in [5.41, 5.74) is 2.22. The number of benzene rings is 2. The van der Waals surface area contributed by atoms with Crippen LogP contribution in [0.3, 0.4) is 0 Å². The lowest BCUT2D eigenvalue weighted by Gasteiger charge is -2.17. The third kappa shape index (κ3) is 4.31. The molecular formula is C22H21ClN4O3. The maximum atomic E-state index is 12.4. The van der Waals surface area contributed by atoms with E-state index in [0.717, 1.165) is 10.9 Å². The maximum Gasteiger partial charge on any atom is 0.251 e. The first-order valence-corrected chi connectivity index (χ1v) is 10.1. The summed E-state index contributed by atoms with van der Waals surface area (Å²) in [4.78, 5) is 41.7. The van der Waals surface area contributed by atoms with Gasteiger partial charge in [0.1, 0.15) is 0 Å².